The lowest BCUT2D eigenvalue weighted by atomic mass is 10.2. The highest BCUT2D eigenvalue weighted by Gasteiger charge is 2.29. The molecule has 0 aliphatic carbocycles. The van der Waals surface area contributed by atoms with Crippen LogP contribution in [0.4, 0.5) is 13.2 Å². The summed E-state index contributed by atoms with van der Waals surface area (Å²) in [4.78, 5) is 3.82. The molecule has 0 saturated carbocycles. The molecule has 2 nitrogen and oxygen atoms in total. The van der Waals surface area contributed by atoms with Gasteiger partial charge in [-0.25, -0.2) is 0 Å². The largest absolute Gasteiger partial charge is 0.488 e. The third kappa shape index (κ3) is 9.82. The van der Waals surface area contributed by atoms with E-state index in [0.717, 1.165) is 11.5 Å². The van der Waals surface area contributed by atoms with Gasteiger partial charge in [0.05, 0.1) is 10.9 Å². The summed E-state index contributed by atoms with van der Waals surface area (Å²) < 4.78 is 41.0. The van der Waals surface area contributed by atoms with Crippen molar-refractivity contribution in [2.24, 2.45) is 0 Å². The van der Waals surface area contributed by atoms with Crippen molar-refractivity contribution in [2.45, 2.75) is 74.1 Å². The quantitative estimate of drug-likeness (QED) is 0.344. The van der Waals surface area contributed by atoms with E-state index in [0.29, 0.717) is 0 Å². The van der Waals surface area contributed by atoms with Crippen molar-refractivity contribution in [3.63, 3.8) is 0 Å². The Morgan fingerprint density at radius 3 is 1.15 bits per heavy atom. The zero-order valence-corrected chi connectivity index (χ0v) is 20.8. The number of halogens is 3. The van der Waals surface area contributed by atoms with Gasteiger partial charge in [0.2, 0.25) is 0 Å². The van der Waals surface area contributed by atoms with Crippen LogP contribution in [0.25, 0.3) is 0 Å². The van der Waals surface area contributed by atoms with Crippen LogP contribution in [0.3, 0.4) is 0 Å². The molecule has 3 rings (SSSR count). The van der Waals surface area contributed by atoms with Crippen LogP contribution in [0.15, 0.2) is 93.5 Å². The Balaban J connectivity index is 0.000000890. The van der Waals surface area contributed by atoms with Crippen LogP contribution in [0.2, 0.25) is 0 Å². The number of rotatable bonds is 5. The van der Waals surface area contributed by atoms with Gasteiger partial charge in [-0.3, -0.25) is 0 Å². The minimum absolute atomic E-state index is 0.189. The monoisotopic (exact) mass is 477 g/mol. The van der Waals surface area contributed by atoms with E-state index in [1.807, 2.05) is 0 Å². The molecular weight excluding hydrogens is 445 g/mol. The molecule has 0 amide bonds. The normalized spacial score (nSPS) is 11.7. The Labute approximate surface area is 198 Å². The van der Waals surface area contributed by atoms with E-state index in [1.165, 1.54) is 14.7 Å². The smallest absolute Gasteiger partial charge is 0.379 e. The molecular formula is C27H32F3O2S+. The Morgan fingerprint density at radius 2 is 0.848 bits per heavy atom. The molecule has 178 valence electrons. The van der Waals surface area contributed by atoms with Gasteiger partial charge in [0, 0.05) is 0 Å². The molecule has 0 spiro atoms. The van der Waals surface area contributed by atoms with Crippen LogP contribution < -0.4 is 9.47 Å². The zero-order chi connectivity index (χ0) is 24.6. The lowest BCUT2D eigenvalue weighted by Gasteiger charge is -2.21. The van der Waals surface area contributed by atoms with Crippen molar-refractivity contribution >= 4 is 10.9 Å². The van der Waals surface area contributed by atoms with Crippen molar-refractivity contribution in [2.75, 3.05) is 0 Å². The Morgan fingerprint density at radius 1 is 0.545 bits per heavy atom. The maximum atomic E-state index is 9.67. The average molecular weight is 478 g/mol. The van der Waals surface area contributed by atoms with E-state index < -0.39 is 6.68 Å². The van der Waals surface area contributed by atoms with Gasteiger partial charge in [-0.1, -0.05) is 18.2 Å². The molecule has 6 heteroatoms. The minimum atomic E-state index is -3.67. The molecule has 3 aromatic rings. The number of ether oxygens (including phenoxy) is 2. The molecule has 0 atom stereocenters. The Kier molecular flexibility index (Phi) is 9.29. The lowest BCUT2D eigenvalue weighted by molar-refractivity contribution is 0.00818. The fourth-order valence-electron chi connectivity index (χ4n) is 2.96. The second-order valence-corrected chi connectivity index (χ2v) is 11.3. The summed E-state index contributed by atoms with van der Waals surface area (Å²) in [6.07, 6.45) is 0. The molecule has 0 radical (unpaired) electrons. The summed E-state index contributed by atoms with van der Waals surface area (Å²) in [6.45, 7) is 8.73. The standard InChI is InChI=1S/C26H31O2S.CHF3/c1-25(2,3)27-20-12-16-23(17-13-20)29(22-10-8-7-9-11-22)24-18-14-21(15-19-24)28-26(4,5)6;2-1(3)4/h7-19H,1-6H3;1H/q+1;. The van der Waals surface area contributed by atoms with Gasteiger partial charge in [-0.05, 0) is 102 Å². The maximum absolute atomic E-state index is 9.67. The van der Waals surface area contributed by atoms with E-state index >= 15 is 0 Å². The first-order chi connectivity index (χ1) is 15.3. The summed E-state index contributed by atoms with van der Waals surface area (Å²) in [7, 11) is -0.189. The van der Waals surface area contributed by atoms with Gasteiger partial charge in [-0.2, -0.15) is 13.2 Å². The van der Waals surface area contributed by atoms with Crippen LogP contribution in [0.5, 0.6) is 11.5 Å². The second kappa shape index (κ2) is 11.5. The van der Waals surface area contributed by atoms with Gasteiger partial charge in [-0.15, -0.1) is 0 Å². The first-order valence-electron chi connectivity index (χ1n) is 10.6. The number of hydrogen-bond acceptors (Lipinski definition) is 2. The zero-order valence-electron chi connectivity index (χ0n) is 19.9. The Hall–Kier alpha value is -2.60. The third-order valence-electron chi connectivity index (χ3n) is 3.95. The first kappa shape index (κ1) is 26.7. The number of alkyl halides is 3. The molecule has 33 heavy (non-hydrogen) atoms. The summed E-state index contributed by atoms with van der Waals surface area (Å²) >= 11 is 0. The fraction of sp³-hybridized carbons (Fsp3) is 0.333. The molecule has 0 bridgehead atoms. The summed E-state index contributed by atoms with van der Waals surface area (Å²) in [5, 5.41) is 0. The van der Waals surface area contributed by atoms with Crippen LogP contribution in [0.1, 0.15) is 41.5 Å². The Bertz CT molecular complexity index is 899. The van der Waals surface area contributed by atoms with E-state index in [4.69, 9.17) is 9.47 Å². The van der Waals surface area contributed by atoms with Crippen LogP contribution >= 0.6 is 0 Å². The number of benzene rings is 3. The van der Waals surface area contributed by atoms with E-state index in [9.17, 15) is 13.2 Å². The lowest BCUT2D eigenvalue weighted by Crippen LogP contribution is -2.23. The third-order valence-corrected chi connectivity index (χ3v) is 6.18. The van der Waals surface area contributed by atoms with Crippen LogP contribution in [0, 0.1) is 0 Å². The van der Waals surface area contributed by atoms with Gasteiger partial charge < -0.3 is 9.47 Å². The average Bonchev–Trinajstić information content (AvgIpc) is 2.69. The molecule has 0 fully saturated rings. The molecule has 0 saturated heterocycles. The molecule has 0 heterocycles. The fourth-order valence-corrected chi connectivity index (χ4v) is 5.02. The second-order valence-electron chi connectivity index (χ2n) is 9.24. The summed E-state index contributed by atoms with van der Waals surface area (Å²) in [5.74, 6) is 1.79. The highest BCUT2D eigenvalue weighted by molar-refractivity contribution is 7.97. The molecule has 0 N–H and O–H groups in total. The van der Waals surface area contributed by atoms with E-state index in [1.54, 1.807) is 0 Å². The predicted octanol–water partition coefficient (Wildman–Crippen LogP) is 8.32. The maximum Gasteiger partial charge on any atom is 0.379 e. The number of hydrogen-bond donors (Lipinski definition) is 0. The molecule has 3 aromatic carbocycles. The SMILES string of the molecule is CC(C)(C)Oc1ccc([S+](c2ccccc2)c2ccc(OC(C)(C)C)cc2)cc1.FC(F)F. The van der Waals surface area contributed by atoms with Crippen molar-refractivity contribution in [1.29, 1.82) is 0 Å². The van der Waals surface area contributed by atoms with Crippen LogP contribution in [-0.4, -0.2) is 17.9 Å². The van der Waals surface area contributed by atoms with Crippen molar-refractivity contribution in [3.05, 3.63) is 78.9 Å². The van der Waals surface area contributed by atoms with Crippen molar-refractivity contribution in [1.82, 2.24) is 0 Å². The van der Waals surface area contributed by atoms with E-state index in [-0.39, 0.29) is 22.1 Å². The van der Waals surface area contributed by atoms with Crippen molar-refractivity contribution in [3.8, 4) is 11.5 Å². The van der Waals surface area contributed by atoms with Gasteiger partial charge in [0.25, 0.3) is 0 Å². The van der Waals surface area contributed by atoms with Gasteiger partial charge in [0.15, 0.2) is 14.7 Å². The molecule has 0 aliphatic rings. The summed E-state index contributed by atoms with van der Waals surface area (Å²) in [6, 6.07) is 27.6. The first-order valence-corrected chi connectivity index (χ1v) is 11.9. The topological polar surface area (TPSA) is 18.5 Å². The molecule has 0 aliphatic heterocycles. The van der Waals surface area contributed by atoms with Crippen LogP contribution in [-0.2, 0) is 10.9 Å². The predicted molar refractivity (Wildman–Crippen MR) is 129 cm³/mol. The highest BCUT2D eigenvalue weighted by Crippen LogP contribution is 2.33. The van der Waals surface area contributed by atoms with Gasteiger partial charge in [0.1, 0.15) is 22.7 Å². The molecule has 0 aromatic heterocycles. The highest BCUT2D eigenvalue weighted by atomic mass is 32.2. The van der Waals surface area contributed by atoms with E-state index in [2.05, 4.69) is 120 Å². The minimum Gasteiger partial charge on any atom is -0.488 e. The van der Waals surface area contributed by atoms with Crippen molar-refractivity contribution < 1.29 is 22.6 Å². The van der Waals surface area contributed by atoms with Gasteiger partial charge >= 0.3 is 6.68 Å². The molecule has 0 unspecified atom stereocenters. The summed E-state index contributed by atoms with van der Waals surface area (Å²) in [5.41, 5.74) is -0.406.